The lowest BCUT2D eigenvalue weighted by molar-refractivity contribution is -0.0169. The monoisotopic (exact) mass is 395 g/mol. The summed E-state index contributed by atoms with van der Waals surface area (Å²) in [6.45, 7) is 6.82. The predicted molar refractivity (Wildman–Crippen MR) is 109 cm³/mol. The number of ether oxygens (including phenoxy) is 2. The number of nitrogens with zero attached hydrogens (tertiary/aromatic N) is 1. The molecule has 1 N–H and O–H groups in total. The minimum atomic E-state index is -0.953. The van der Waals surface area contributed by atoms with Crippen molar-refractivity contribution < 1.29 is 19.4 Å². The Labute approximate surface area is 167 Å². The quantitative estimate of drug-likeness (QED) is 0.626. The van der Waals surface area contributed by atoms with Gasteiger partial charge in [0.2, 0.25) is 0 Å². The number of aromatic carboxylic acids is 1. The SMILES string of the molecule is Cc1cc(C)c2nc(SCc3cc(C(=O)O)cc4c3OCOC4)cc(C)c2c1. The molecule has 28 heavy (non-hydrogen) atoms. The largest absolute Gasteiger partial charge is 0.478 e. The third-order valence-corrected chi connectivity index (χ3v) is 5.80. The first-order chi connectivity index (χ1) is 13.4. The number of aryl methyl sites for hydroxylation is 3. The van der Waals surface area contributed by atoms with E-state index in [9.17, 15) is 9.90 Å². The van der Waals surface area contributed by atoms with Gasteiger partial charge in [0.25, 0.3) is 0 Å². The number of fused-ring (bicyclic) bond motifs is 2. The van der Waals surface area contributed by atoms with Crippen molar-refractivity contribution in [2.24, 2.45) is 0 Å². The molecule has 2 heterocycles. The van der Waals surface area contributed by atoms with Crippen LogP contribution >= 0.6 is 11.8 Å². The Morgan fingerprint density at radius 2 is 1.96 bits per heavy atom. The standard InChI is InChI=1S/C22H21NO4S/c1-12-4-14(3)20-18(5-12)13(2)6-19(23-20)28-10-17-8-15(22(24)25)7-16-9-26-11-27-21(16)17/h4-8H,9-11H2,1-3H3,(H,24,25). The fraction of sp³-hybridized carbons (Fsp3) is 0.273. The Morgan fingerprint density at radius 3 is 2.75 bits per heavy atom. The van der Waals surface area contributed by atoms with Crippen molar-refractivity contribution in [3.63, 3.8) is 0 Å². The normalized spacial score (nSPS) is 13.2. The molecule has 2 aromatic carbocycles. The van der Waals surface area contributed by atoms with Crippen LogP contribution in [0, 0.1) is 20.8 Å². The zero-order valence-corrected chi connectivity index (χ0v) is 16.9. The number of hydrogen-bond acceptors (Lipinski definition) is 5. The van der Waals surface area contributed by atoms with Crippen LogP contribution in [-0.4, -0.2) is 22.9 Å². The van der Waals surface area contributed by atoms with Crippen molar-refractivity contribution in [1.29, 1.82) is 0 Å². The number of hydrogen-bond donors (Lipinski definition) is 1. The third-order valence-electron chi connectivity index (χ3n) is 4.84. The third kappa shape index (κ3) is 3.57. The highest BCUT2D eigenvalue weighted by Gasteiger charge is 2.19. The summed E-state index contributed by atoms with van der Waals surface area (Å²) in [7, 11) is 0. The minimum absolute atomic E-state index is 0.183. The molecule has 0 unspecified atom stereocenters. The fourth-order valence-electron chi connectivity index (χ4n) is 3.57. The van der Waals surface area contributed by atoms with Crippen LogP contribution in [0.5, 0.6) is 5.75 Å². The van der Waals surface area contributed by atoms with Gasteiger partial charge in [0.1, 0.15) is 5.75 Å². The molecule has 3 aromatic rings. The van der Waals surface area contributed by atoms with Gasteiger partial charge < -0.3 is 14.6 Å². The van der Waals surface area contributed by atoms with Crippen LogP contribution in [0.15, 0.2) is 35.4 Å². The van der Waals surface area contributed by atoms with Crippen LogP contribution in [0.2, 0.25) is 0 Å². The zero-order chi connectivity index (χ0) is 19.8. The van der Waals surface area contributed by atoms with E-state index in [0.717, 1.165) is 33.0 Å². The smallest absolute Gasteiger partial charge is 0.335 e. The number of rotatable bonds is 4. The van der Waals surface area contributed by atoms with Gasteiger partial charge in [0.15, 0.2) is 6.79 Å². The number of pyridine rings is 1. The Hall–Kier alpha value is -2.57. The van der Waals surface area contributed by atoms with E-state index < -0.39 is 5.97 Å². The number of carboxylic acid groups (broad SMARTS) is 1. The van der Waals surface area contributed by atoms with Gasteiger partial charge in [-0.2, -0.15) is 0 Å². The molecule has 0 amide bonds. The van der Waals surface area contributed by atoms with Gasteiger partial charge in [-0.1, -0.05) is 11.6 Å². The van der Waals surface area contributed by atoms with Crippen molar-refractivity contribution in [1.82, 2.24) is 4.98 Å². The van der Waals surface area contributed by atoms with E-state index in [2.05, 4.69) is 39.0 Å². The summed E-state index contributed by atoms with van der Waals surface area (Å²) < 4.78 is 11.0. The highest BCUT2D eigenvalue weighted by Crippen LogP contribution is 2.35. The van der Waals surface area contributed by atoms with E-state index in [4.69, 9.17) is 14.5 Å². The number of carboxylic acids is 1. The first kappa shape index (κ1) is 18.8. The molecule has 5 nitrogen and oxygen atoms in total. The molecule has 0 radical (unpaired) electrons. The van der Waals surface area contributed by atoms with Crippen molar-refractivity contribution in [3.8, 4) is 5.75 Å². The van der Waals surface area contributed by atoms with E-state index in [1.54, 1.807) is 23.9 Å². The average molecular weight is 395 g/mol. The molecular weight excluding hydrogens is 374 g/mol. The minimum Gasteiger partial charge on any atom is -0.478 e. The Balaban J connectivity index is 1.68. The fourth-order valence-corrected chi connectivity index (χ4v) is 4.50. The van der Waals surface area contributed by atoms with E-state index >= 15 is 0 Å². The van der Waals surface area contributed by atoms with Gasteiger partial charge in [-0.15, -0.1) is 11.8 Å². The highest BCUT2D eigenvalue weighted by atomic mass is 32.2. The average Bonchev–Trinajstić information content (AvgIpc) is 2.66. The Bertz CT molecular complexity index is 1090. The van der Waals surface area contributed by atoms with E-state index in [1.807, 2.05) is 0 Å². The molecule has 0 spiro atoms. The van der Waals surface area contributed by atoms with E-state index in [1.165, 1.54) is 16.5 Å². The number of thioether (sulfide) groups is 1. The molecule has 1 aromatic heterocycles. The molecule has 4 rings (SSSR count). The zero-order valence-electron chi connectivity index (χ0n) is 16.0. The molecule has 144 valence electrons. The first-order valence-electron chi connectivity index (χ1n) is 9.03. The Morgan fingerprint density at radius 1 is 1.14 bits per heavy atom. The second-order valence-electron chi connectivity index (χ2n) is 7.08. The van der Waals surface area contributed by atoms with Crippen LogP contribution in [0.25, 0.3) is 10.9 Å². The van der Waals surface area contributed by atoms with Crippen LogP contribution in [0.3, 0.4) is 0 Å². The molecule has 1 aliphatic heterocycles. The summed E-state index contributed by atoms with van der Waals surface area (Å²) in [5.41, 5.74) is 6.46. The van der Waals surface area contributed by atoms with Crippen LogP contribution in [-0.2, 0) is 17.1 Å². The molecule has 0 atom stereocenters. The maximum Gasteiger partial charge on any atom is 0.335 e. The highest BCUT2D eigenvalue weighted by molar-refractivity contribution is 7.98. The molecule has 0 bridgehead atoms. The van der Waals surface area contributed by atoms with Gasteiger partial charge in [-0.3, -0.25) is 0 Å². The molecule has 6 heteroatoms. The van der Waals surface area contributed by atoms with Crippen LogP contribution in [0.1, 0.15) is 38.2 Å². The predicted octanol–water partition coefficient (Wildman–Crippen LogP) is 5.02. The van der Waals surface area contributed by atoms with Gasteiger partial charge in [0, 0.05) is 22.3 Å². The summed E-state index contributed by atoms with van der Waals surface area (Å²) in [4.78, 5) is 16.3. The van der Waals surface area contributed by atoms with Gasteiger partial charge in [-0.05, 0) is 56.2 Å². The molecule has 0 saturated heterocycles. The van der Waals surface area contributed by atoms with E-state index in [-0.39, 0.29) is 12.4 Å². The maximum atomic E-state index is 11.5. The van der Waals surface area contributed by atoms with Gasteiger partial charge in [-0.25, -0.2) is 9.78 Å². The molecule has 0 aliphatic carbocycles. The molecule has 0 fully saturated rings. The summed E-state index contributed by atoms with van der Waals surface area (Å²) in [6.07, 6.45) is 0. The van der Waals surface area contributed by atoms with Gasteiger partial charge in [0.05, 0.1) is 22.7 Å². The molecule has 1 aliphatic rings. The lowest BCUT2D eigenvalue weighted by Crippen LogP contribution is -2.14. The van der Waals surface area contributed by atoms with Crippen LogP contribution < -0.4 is 4.74 Å². The number of benzene rings is 2. The summed E-state index contributed by atoms with van der Waals surface area (Å²) in [5, 5.41) is 11.5. The lowest BCUT2D eigenvalue weighted by atomic mass is 10.0. The van der Waals surface area contributed by atoms with E-state index in [0.29, 0.717) is 12.4 Å². The number of aromatic nitrogens is 1. The topological polar surface area (TPSA) is 68.7 Å². The van der Waals surface area contributed by atoms with Crippen molar-refractivity contribution in [2.45, 2.75) is 38.2 Å². The first-order valence-corrected chi connectivity index (χ1v) is 10.0. The van der Waals surface area contributed by atoms with Crippen molar-refractivity contribution in [3.05, 3.63) is 63.7 Å². The maximum absolute atomic E-state index is 11.5. The number of carbonyl (C=O) groups is 1. The lowest BCUT2D eigenvalue weighted by Gasteiger charge is -2.21. The van der Waals surface area contributed by atoms with Crippen molar-refractivity contribution in [2.75, 3.05) is 6.79 Å². The summed E-state index contributed by atoms with van der Waals surface area (Å²) in [5.74, 6) is 0.352. The molecular formula is C22H21NO4S. The second-order valence-corrected chi connectivity index (χ2v) is 8.08. The summed E-state index contributed by atoms with van der Waals surface area (Å²) in [6, 6.07) is 9.70. The van der Waals surface area contributed by atoms with Crippen molar-refractivity contribution >= 4 is 28.6 Å². The molecule has 0 saturated carbocycles. The summed E-state index contributed by atoms with van der Waals surface area (Å²) >= 11 is 1.58. The van der Waals surface area contributed by atoms with Crippen LogP contribution in [0.4, 0.5) is 0 Å². The van der Waals surface area contributed by atoms with Gasteiger partial charge >= 0.3 is 5.97 Å². The Kier molecular flexibility index (Phi) is 5.00. The second kappa shape index (κ2) is 7.45.